The van der Waals surface area contributed by atoms with Crippen molar-refractivity contribution in [1.82, 2.24) is 0 Å². The van der Waals surface area contributed by atoms with Gasteiger partial charge in [0.15, 0.2) is 0 Å². The van der Waals surface area contributed by atoms with Crippen LogP contribution in [-0.4, -0.2) is 30.6 Å². The zero-order valence-corrected chi connectivity index (χ0v) is 18.9. The minimum absolute atomic E-state index is 0.0488. The Balaban J connectivity index is 1.66. The van der Waals surface area contributed by atoms with Crippen molar-refractivity contribution in [3.63, 3.8) is 0 Å². The number of carbonyl (C=O) groups excluding carboxylic acids is 2. The number of fused-ring (bicyclic) bond motifs is 2. The van der Waals surface area contributed by atoms with Gasteiger partial charge in [-0.05, 0) is 54.4 Å². The maximum absolute atomic E-state index is 13.8. The molecule has 0 bridgehead atoms. The van der Waals surface area contributed by atoms with Crippen molar-refractivity contribution in [3.8, 4) is 0 Å². The van der Waals surface area contributed by atoms with Crippen molar-refractivity contribution in [2.45, 2.75) is 25.3 Å². The minimum Gasteiger partial charge on any atom is -0.325 e. The van der Waals surface area contributed by atoms with E-state index in [4.69, 9.17) is 16.6 Å². The summed E-state index contributed by atoms with van der Waals surface area (Å²) in [6, 6.07) is 16.5. The van der Waals surface area contributed by atoms with Crippen molar-refractivity contribution in [2.75, 3.05) is 17.3 Å². The average molecular weight is 462 g/mol. The number of benzene rings is 3. The van der Waals surface area contributed by atoms with Crippen LogP contribution in [0.2, 0.25) is 5.02 Å². The molecule has 0 saturated heterocycles. The highest BCUT2D eigenvalue weighted by molar-refractivity contribution is 6.32. The first kappa shape index (κ1) is 21.3. The van der Waals surface area contributed by atoms with Gasteiger partial charge in [-0.1, -0.05) is 35.9 Å². The molecule has 0 fully saturated rings. The Kier molecular flexibility index (Phi) is 5.25. The fourth-order valence-corrected chi connectivity index (χ4v) is 4.61. The number of anilines is 2. The molecular weight excluding hydrogens is 441 g/mol. The number of nitrogens with one attached hydrogen (secondary N) is 1. The quantitative estimate of drug-likeness (QED) is 0.599. The molecular formula is C26H21ClFN3O2. The molecule has 5 rings (SSSR count). The van der Waals surface area contributed by atoms with Crippen LogP contribution >= 0.6 is 11.6 Å². The van der Waals surface area contributed by atoms with Crippen LogP contribution in [0.25, 0.3) is 0 Å². The van der Waals surface area contributed by atoms with Crippen LogP contribution < -0.4 is 10.2 Å². The summed E-state index contributed by atoms with van der Waals surface area (Å²) in [7, 11) is 1.71. The molecule has 0 saturated carbocycles. The second-order valence-electron chi connectivity index (χ2n) is 8.40. The Morgan fingerprint density at radius 2 is 1.91 bits per heavy atom. The van der Waals surface area contributed by atoms with Gasteiger partial charge in [-0.15, -0.1) is 0 Å². The van der Waals surface area contributed by atoms with Gasteiger partial charge in [0.1, 0.15) is 11.9 Å². The summed E-state index contributed by atoms with van der Waals surface area (Å²) >= 11 is 6.33. The predicted octanol–water partition coefficient (Wildman–Crippen LogP) is 4.96. The normalized spacial score (nSPS) is 19.5. The molecule has 0 aliphatic carbocycles. The fraction of sp³-hybridized carbons (Fsp3) is 0.192. The Morgan fingerprint density at radius 1 is 1.09 bits per heavy atom. The fourth-order valence-electron chi connectivity index (χ4n) is 4.44. The minimum atomic E-state index is -0.750. The highest BCUT2D eigenvalue weighted by Crippen LogP contribution is 2.36. The first-order chi connectivity index (χ1) is 15.8. The Labute approximate surface area is 195 Å². The lowest BCUT2D eigenvalue weighted by Gasteiger charge is -2.20. The monoisotopic (exact) mass is 461 g/mol. The van der Waals surface area contributed by atoms with Gasteiger partial charge in [0.25, 0.3) is 5.91 Å². The summed E-state index contributed by atoms with van der Waals surface area (Å²) in [5, 5.41) is 3.44. The van der Waals surface area contributed by atoms with E-state index < -0.39 is 6.04 Å². The zero-order chi connectivity index (χ0) is 23.3. The third kappa shape index (κ3) is 3.80. The molecule has 0 radical (unpaired) electrons. The van der Waals surface area contributed by atoms with E-state index >= 15 is 0 Å². The zero-order valence-electron chi connectivity index (χ0n) is 18.1. The van der Waals surface area contributed by atoms with Gasteiger partial charge in [-0.3, -0.25) is 14.6 Å². The molecule has 3 aromatic rings. The van der Waals surface area contributed by atoms with Crippen LogP contribution in [0.3, 0.4) is 0 Å². The highest BCUT2D eigenvalue weighted by atomic mass is 35.5. The van der Waals surface area contributed by atoms with Crippen LogP contribution in [0.15, 0.2) is 65.7 Å². The van der Waals surface area contributed by atoms with E-state index in [1.165, 1.54) is 12.1 Å². The Bertz CT molecular complexity index is 1340. The number of rotatable bonds is 3. The molecule has 2 atom stereocenters. The maximum atomic E-state index is 13.8. The molecule has 2 amide bonds. The maximum Gasteiger partial charge on any atom is 0.251 e. The summed E-state index contributed by atoms with van der Waals surface area (Å²) < 4.78 is 13.8. The van der Waals surface area contributed by atoms with E-state index in [-0.39, 0.29) is 30.0 Å². The summed E-state index contributed by atoms with van der Waals surface area (Å²) in [5.74, 6) is -0.821. The lowest BCUT2D eigenvalue weighted by Crippen LogP contribution is -2.36. The largest absolute Gasteiger partial charge is 0.325 e. The lowest BCUT2D eigenvalue weighted by molar-refractivity contribution is -0.119. The number of benzodiazepines with no additional fused rings is 1. The Hall–Kier alpha value is -3.51. The van der Waals surface area contributed by atoms with Crippen molar-refractivity contribution in [2.24, 2.45) is 4.99 Å². The number of aliphatic imine (C=N–C) groups is 1. The number of halogens is 2. The average Bonchev–Trinajstić information content (AvgIpc) is 3.03. The molecule has 3 aromatic carbocycles. The molecule has 0 aromatic heterocycles. The topological polar surface area (TPSA) is 61.8 Å². The molecule has 2 aliphatic rings. The first-order valence-corrected chi connectivity index (χ1v) is 11.0. The van der Waals surface area contributed by atoms with E-state index in [1.807, 2.05) is 25.1 Å². The first-order valence-electron chi connectivity index (χ1n) is 10.7. The molecule has 0 spiro atoms. The van der Waals surface area contributed by atoms with E-state index in [2.05, 4.69) is 5.32 Å². The summed E-state index contributed by atoms with van der Waals surface area (Å²) in [6.07, 6.45) is 0.255. The van der Waals surface area contributed by atoms with E-state index in [1.54, 1.807) is 42.3 Å². The van der Waals surface area contributed by atoms with Gasteiger partial charge in [0.2, 0.25) is 5.91 Å². The summed E-state index contributed by atoms with van der Waals surface area (Å²) in [4.78, 5) is 32.0. The van der Waals surface area contributed by atoms with Gasteiger partial charge in [-0.2, -0.15) is 0 Å². The molecule has 1 N–H and O–H groups in total. The molecule has 166 valence electrons. The van der Waals surface area contributed by atoms with E-state index in [9.17, 15) is 14.0 Å². The third-order valence-electron chi connectivity index (χ3n) is 6.24. The number of likely N-dealkylation sites (N-methyl/N-ethyl adjacent to an activating group) is 1. The number of hydrogen-bond acceptors (Lipinski definition) is 3. The Morgan fingerprint density at radius 3 is 2.70 bits per heavy atom. The third-order valence-corrected chi connectivity index (χ3v) is 6.47. The lowest BCUT2D eigenvalue weighted by atomic mass is 9.96. The van der Waals surface area contributed by atoms with Gasteiger partial charge in [0.05, 0.1) is 17.3 Å². The SMILES string of the molecule is CC1C(=O)Nc2cc(C3=NC(Cc4cccc(F)c4)C(=O)N(C)c4ccc(Cl)cc43)ccc21. The van der Waals surface area contributed by atoms with E-state index in [0.29, 0.717) is 22.0 Å². The summed E-state index contributed by atoms with van der Waals surface area (Å²) in [6.45, 7) is 1.86. The van der Waals surface area contributed by atoms with Crippen LogP contribution in [-0.2, 0) is 16.0 Å². The van der Waals surface area contributed by atoms with Crippen LogP contribution in [0, 0.1) is 5.82 Å². The molecule has 2 aliphatic heterocycles. The van der Waals surface area contributed by atoms with Gasteiger partial charge < -0.3 is 10.2 Å². The standard InChI is InChI=1S/C26H21ClFN3O2/c1-14-19-8-6-16(12-21(19)30-25(14)32)24-20-13-17(27)7-9-23(20)31(2)26(33)22(29-24)11-15-4-3-5-18(28)10-15/h3-10,12-14,22H,11H2,1-2H3,(H,30,32). The van der Waals surface area contributed by atoms with Crippen LogP contribution in [0.5, 0.6) is 0 Å². The van der Waals surface area contributed by atoms with E-state index in [0.717, 1.165) is 22.4 Å². The molecule has 2 heterocycles. The number of carbonyl (C=O) groups is 2. The molecule has 5 nitrogen and oxygen atoms in total. The van der Waals surface area contributed by atoms with Crippen LogP contribution in [0.4, 0.5) is 15.8 Å². The van der Waals surface area contributed by atoms with Crippen molar-refractivity contribution >= 4 is 40.5 Å². The number of hydrogen-bond donors (Lipinski definition) is 1. The summed E-state index contributed by atoms with van der Waals surface area (Å²) in [5.41, 5.74) is 5.11. The van der Waals surface area contributed by atoms with Gasteiger partial charge in [0, 0.05) is 35.3 Å². The van der Waals surface area contributed by atoms with Crippen molar-refractivity contribution < 1.29 is 14.0 Å². The molecule has 2 unspecified atom stereocenters. The van der Waals surface area contributed by atoms with Crippen LogP contribution in [0.1, 0.15) is 35.1 Å². The number of amides is 2. The second kappa shape index (κ2) is 8.12. The van der Waals surface area contributed by atoms with Gasteiger partial charge in [-0.25, -0.2) is 4.39 Å². The number of nitrogens with zero attached hydrogens (tertiary/aromatic N) is 2. The highest BCUT2D eigenvalue weighted by Gasteiger charge is 2.32. The molecule has 7 heteroatoms. The predicted molar refractivity (Wildman–Crippen MR) is 128 cm³/mol. The van der Waals surface area contributed by atoms with Crippen molar-refractivity contribution in [1.29, 1.82) is 0 Å². The molecule has 33 heavy (non-hydrogen) atoms. The smallest absolute Gasteiger partial charge is 0.251 e. The van der Waals surface area contributed by atoms with Gasteiger partial charge >= 0.3 is 0 Å². The second-order valence-corrected chi connectivity index (χ2v) is 8.84. The van der Waals surface area contributed by atoms with Crippen molar-refractivity contribution in [3.05, 3.63) is 93.8 Å².